The number of amides is 1. The molecule has 26 heavy (non-hydrogen) atoms. The molecule has 1 amide bonds. The van der Waals surface area contributed by atoms with Gasteiger partial charge in [0.25, 0.3) is 11.5 Å². The van der Waals surface area contributed by atoms with Gasteiger partial charge in [-0.3, -0.25) is 9.59 Å². The second-order valence-electron chi connectivity index (χ2n) is 6.39. The van der Waals surface area contributed by atoms with E-state index in [1.165, 1.54) is 0 Å². The van der Waals surface area contributed by atoms with E-state index in [2.05, 4.69) is 17.2 Å². The summed E-state index contributed by atoms with van der Waals surface area (Å²) in [5, 5.41) is 2.91. The Kier molecular flexibility index (Phi) is 5.46. The van der Waals surface area contributed by atoms with Crippen molar-refractivity contribution < 1.29 is 4.79 Å². The van der Waals surface area contributed by atoms with Crippen LogP contribution in [0.5, 0.6) is 0 Å². The Morgan fingerprint density at radius 2 is 1.92 bits per heavy atom. The Bertz CT molecular complexity index is 978. The number of unbranched alkanes of at least 4 members (excludes halogenated alkanes) is 1. The van der Waals surface area contributed by atoms with Crippen molar-refractivity contribution in [3.05, 3.63) is 75.7 Å². The summed E-state index contributed by atoms with van der Waals surface area (Å²) in [5.41, 5.74) is 3.31. The summed E-state index contributed by atoms with van der Waals surface area (Å²) in [6, 6.07) is 15.1. The highest BCUT2D eigenvalue weighted by Crippen LogP contribution is 2.15. The van der Waals surface area contributed by atoms with Crippen LogP contribution in [-0.2, 0) is 6.54 Å². The topological polar surface area (TPSA) is 64.0 Å². The summed E-state index contributed by atoms with van der Waals surface area (Å²) in [5.74, 6) is -0.111. The average Bonchev–Trinajstić information content (AvgIpc) is 2.66. The van der Waals surface area contributed by atoms with Gasteiger partial charge >= 0.3 is 0 Å². The van der Waals surface area contributed by atoms with Crippen LogP contribution in [0.1, 0.15) is 41.4 Å². The van der Waals surface area contributed by atoms with Crippen LogP contribution in [0.3, 0.4) is 0 Å². The number of nitrogens with zero attached hydrogens (tertiary/aromatic N) is 2. The van der Waals surface area contributed by atoms with Crippen LogP contribution in [0.4, 0.5) is 0 Å². The zero-order valence-electron chi connectivity index (χ0n) is 15.2. The minimum atomic E-state index is -0.111. The summed E-state index contributed by atoms with van der Waals surface area (Å²) >= 11 is 0. The SMILES string of the molecule is CCCCNC(=O)c1ccc2c(c1)nc(C)c(=O)n2Cc1ccccc1. The molecule has 0 aliphatic carbocycles. The number of benzene rings is 2. The molecule has 0 radical (unpaired) electrons. The van der Waals surface area contributed by atoms with Gasteiger partial charge in [0.2, 0.25) is 0 Å². The monoisotopic (exact) mass is 349 g/mol. The summed E-state index contributed by atoms with van der Waals surface area (Å²) < 4.78 is 1.71. The lowest BCUT2D eigenvalue weighted by Crippen LogP contribution is -2.26. The van der Waals surface area contributed by atoms with Crippen molar-refractivity contribution in [2.75, 3.05) is 6.54 Å². The van der Waals surface area contributed by atoms with Gasteiger partial charge in [0.05, 0.1) is 17.6 Å². The highest BCUT2D eigenvalue weighted by atomic mass is 16.1. The molecule has 3 aromatic rings. The molecule has 5 nitrogen and oxygen atoms in total. The lowest BCUT2D eigenvalue weighted by Gasteiger charge is -2.12. The molecule has 2 aromatic carbocycles. The first kappa shape index (κ1) is 17.9. The third kappa shape index (κ3) is 3.82. The third-order valence-electron chi connectivity index (χ3n) is 4.37. The Balaban J connectivity index is 1.99. The lowest BCUT2D eigenvalue weighted by atomic mass is 10.1. The van der Waals surface area contributed by atoms with Crippen LogP contribution in [0.15, 0.2) is 53.3 Å². The zero-order chi connectivity index (χ0) is 18.5. The Morgan fingerprint density at radius 3 is 2.65 bits per heavy atom. The van der Waals surface area contributed by atoms with E-state index in [1.807, 2.05) is 30.3 Å². The van der Waals surface area contributed by atoms with Crippen LogP contribution >= 0.6 is 0 Å². The van der Waals surface area contributed by atoms with Crippen LogP contribution in [0.25, 0.3) is 11.0 Å². The molecule has 0 spiro atoms. The highest BCUT2D eigenvalue weighted by Gasteiger charge is 2.12. The minimum Gasteiger partial charge on any atom is -0.352 e. The summed E-state index contributed by atoms with van der Waals surface area (Å²) in [6.45, 7) is 4.92. The predicted molar refractivity (Wildman–Crippen MR) is 104 cm³/mol. The first-order valence-electron chi connectivity index (χ1n) is 8.93. The van der Waals surface area contributed by atoms with E-state index in [0.29, 0.717) is 29.9 Å². The second-order valence-corrected chi connectivity index (χ2v) is 6.39. The lowest BCUT2D eigenvalue weighted by molar-refractivity contribution is 0.0953. The van der Waals surface area contributed by atoms with Crippen molar-refractivity contribution in [3.8, 4) is 0 Å². The van der Waals surface area contributed by atoms with Gasteiger partial charge in [0.15, 0.2) is 0 Å². The zero-order valence-corrected chi connectivity index (χ0v) is 15.2. The molecule has 1 N–H and O–H groups in total. The summed E-state index contributed by atoms with van der Waals surface area (Å²) in [4.78, 5) is 29.3. The number of nitrogens with one attached hydrogen (secondary N) is 1. The molecule has 0 saturated heterocycles. The van der Waals surface area contributed by atoms with E-state index in [-0.39, 0.29) is 11.5 Å². The van der Waals surface area contributed by atoms with E-state index in [9.17, 15) is 9.59 Å². The number of carbonyl (C=O) groups excluding carboxylic acids is 1. The fraction of sp³-hybridized carbons (Fsp3) is 0.286. The molecule has 0 saturated carbocycles. The minimum absolute atomic E-state index is 0.110. The fourth-order valence-electron chi connectivity index (χ4n) is 2.92. The first-order valence-corrected chi connectivity index (χ1v) is 8.93. The quantitative estimate of drug-likeness (QED) is 0.695. The van der Waals surface area contributed by atoms with E-state index < -0.39 is 0 Å². The number of carbonyl (C=O) groups is 1. The fourth-order valence-corrected chi connectivity index (χ4v) is 2.92. The number of aryl methyl sites for hydroxylation is 1. The standard InChI is InChI=1S/C21H23N3O2/c1-3-4-12-22-20(25)17-10-11-19-18(13-17)23-15(2)21(26)24(19)14-16-8-6-5-7-9-16/h5-11,13H,3-4,12,14H2,1-2H3,(H,22,25). The van der Waals surface area contributed by atoms with E-state index >= 15 is 0 Å². The van der Waals surface area contributed by atoms with Crippen molar-refractivity contribution in [3.63, 3.8) is 0 Å². The van der Waals surface area contributed by atoms with E-state index in [1.54, 1.807) is 29.7 Å². The van der Waals surface area contributed by atoms with Crippen molar-refractivity contribution in [1.29, 1.82) is 0 Å². The number of rotatable bonds is 6. The molecule has 1 aromatic heterocycles. The molecule has 0 unspecified atom stereocenters. The number of hydrogen-bond acceptors (Lipinski definition) is 3. The Hall–Kier alpha value is -2.95. The second kappa shape index (κ2) is 7.95. The molecule has 134 valence electrons. The maximum absolute atomic E-state index is 12.6. The molecule has 0 aliphatic heterocycles. The third-order valence-corrected chi connectivity index (χ3v) is 4.37. The maximum atomic E-state index is 12.6. The molecule has 3 rings (SSSR count). The number of hydrogen-bond donors (Lipinski definition) is 1. The van der Waals surface area contributed by atoms with Gasteiger partial charge in [-0.25, -0.2) is 4.98 Å². The van der Waals surface area contributed by atoms with Gasteiger partial charge in [0, 0.05) is 12.1 Å². The first-order chi connectivity index (χ1) is 12.6. The highest BCUT2D eigenvalue weighted by molar-refractivity contribution is 5.97. The normalized spacial score (nSPS) is 10.8. The molecule has 5 heteroatoms. The summed E-state index contributed by atoms with van der Waals surface area (Å²) in [7, 11) is 0. The molecule has 0 fully saturated rings. The van der Waals surface area contributed by atoms with Crippen LogP contribution < -0.4 is 10.9 Å². The van der Waals surface area contributed by atoms with Gasteiger partial charge in [0.1, 0.15) is 5.69 Å². The summed E-state index contributed by atoms with van der Waals surface area (Å²) in [6.07, 6.45) is 1.98. The average molecular weight is 349 g/mol. The van der Waals surface area contributed by atoms with Crippen molar-refractivity contribution in [2.45, 2.75) is 33.2 Å². The van der Waals surface area contributed by atoms with Crippen LogP contribution in [-0.4, -0.2) is 22.0 Å². The molecular weight excluding hydrogens is 326 g/mol. The Morgan fingerprint density at radius 1 is 1.15 bits per heavy atom. The van der Waals surface area contributed by atoms with Gasteiger partial charge < -0.3 is 9.88 Å². The van der Waals surface area contributed by atoms with Crippen LogP contribution in [0.2, 0.25) is 0 Å². The van der Waals surface area contributed by atoms with Crippen molar-refractivity contribution in [1.82, 2.24) is 14.9 Å². The maximum Gasteiger partial charge on any atom is 0.272 e. The predicted octanol–water partition coefficient (Wildman–Crippen LogP) is 3.28. The largest absolute Gasteiger partial charge is 0.352 e. The number of aromatic nitrogens is 2. The van der Waals surface area contributed by atoms with Crippen LogP contribution in [0, 0.1) is 6.92 Å². The molecular formula is C21H23N3O2. The molecule has 0 atom stereocenters. The van der Waals surface area contributed by atoms with Crippen molar-refractivity contribution in [2.24, 2.45) is 0 Å². The van der Waals surface area contributed by atoms with Gasteiger partial charge in [-0.15, -0.1) is 0 Å². The van der Waals surface area contributed by atoms with Gasteiger partial charge in [-0.1, -0.05) is 43.7 Å². The Labute approximate surface area is 152 Å². The smallest absolute Gasteiger partial charge is 0.272 e. The van der Waals surface area contributed by atoms with Gasteiger partial charge in [-0.2, -0.15) is 0 Å². The van der Waals surface area contributed by atoms with E-state index in [0.717, 1.165) is 23.9 Å². The van der Waals surface area contributed by atoms with E-state index in [4.69, 9.17) is 0 Å². The molecule has 0 bridgehead atoms. The molecule has 1 heterocycles. The van der Waals surface area contributed by atoms with Crippen molar-refractivity contribution >= 4 is 16.9 Å². The van der Waals surface area contributed by atoms with Gasteiger partial charge in [-0.05, 0) is 37.1 Å². The number of fused-ring (bicyclic) bond motifs is 1. The molecule has 0 aliphatic rings.